The van der Waals surface area contributed by atoms with Crippen molar-refractivity contribution in [3.8, 4) is 0 Å². The van der Waals surface area contributed by atoms with Gasteiger partial charge in [0, 0.05) is 21.1 Å². The molecule has 10 nitrogen and oxygen atoms in total. The van der Waals surface area contributed by atoms with Crippen LogP contribution in [0.5, 0.6) is 0 Å². The second-order valence-corrected chi connectivity index (χ2v) is 6.61. The summed E-state index contributed by atoms with van der Waals surface area (Å²) < 4.78 is 5.59. The predicted octanol–water partition coefficient (Wildman–Crippen LogP) is -0.363. The van der Waals surface area contributed by atoms with Crippen molar-refractivity contribution in [2.24, 2.45) is 21.1 Å². The fourth-order valence-corrected chi connectivity index (χ4v) is 3.27. The van der Waals surface area contributed by atoms with Gasteiger partial charge in [0.1, 0.15) is 12.4 Å². The number of hydrogen-bond acceptors (Lipinski definition) is 5. The van der Waals surface area contributed by atoms with E-state index in [0.29, 0.717) is 5.82 Å². The van der Waals surface area contributed by atoms with Crippen molar-refractivity contribution in [2.45, 2.75) is 13.1 Å². The molecule has 0 fully saturated rings. The Labute approximate surface area is 158 Å². The molecule has 144 valence electrons. The van der Waals surface area contributed by atoms with E-state index in [0.717, 1.165) is 15.6 Å². The highest BCUT2D eigenvalue weighted by molar-refractivity contribution is 5.78. The SMILES string of the molecule is Cn1cnc2c1c(=O)n(CC(=O)NCc1nc3ccccc3n1C)c(=O)n2C. The van der Waals surface area contributed by atoms with Crippen LogP contribution >= 0.6 is 0 Å². The van der Waals surface area contributed by atoms with Crippen LogP contribution in [0, 0.1) is 0 Å². The fourth-order valence-electron chi connectivity index (χ4n) is 3.27. The van der Waals surface area contributed by atoms with Crippen molar-refractivity contribution in [1.29, 1.82) is 0 Å². The summed E-state index contributed by atoms with van der Waals surface area (Å²) in [4.78, 5) is 46.1. The lowest BCUT2D eigenvalue weighted by molar-refractivity contribution is -0.122. The Morgan fingerprint density at radius 1 is 1.11 bits per heavy atom. The lowest BCUT2D eigenvalue weighted by Gasteiger charge is -2.09. The van der Waals surface area contributed by atoms with Gasteiger partial charge in [-0.05, 0) is 12.1 Å². The van der Waals surface area contributed by atoms with Crippen LogP contribution in [0.3, 0.4) is 0 Å². The van der Waals surface area contributed by atoms with Gasteiger partial charge in [-0.25, -0.2) is 19.3 Å². The molecule has 0 atom stereocenters. The average molecular weight is 381 g/mol. The summed E-state index contributed by atoms with van der Waals surface area (Å²) >= 11 is 0. The number of aromatic nitrogens is 6. The van der Waals surface area contributed by atoms with Crippen molar-refractivity contribution in [3.63, 3.8) is 0 Å². The molecular weight excluding hydrogens is 362 g/mol. The maximum atomic E-state index is 12.7. The first-order valence-corrected chi connectivity index (χ1v) is 8.66. The van der Waals surface area contributed by atoms with Crippen LogP contribution in [0.25, 0.3) is 22.2 Å². The van der Waals surface area contributed by atoms with Crippen molar-refractivity contribution < 1.29 is 4.79 Å². The topological polar surface area (TPSA) is 109 Å². The fraction of sp³-hybridized carbons (Fsp3) is 0.278. The summed E-state index contributed by atoms with van der Waals surface area (Å²) in [7, 11) is 5.05. The van der Waals surface area contributed by atoms with E-state index < -0.39 is 17.2 Å². The van der Waals surface area contributed by atoms with E-state index in [1.807, 2.05) is 35.9 Å². The zero-order chi connectivity index (χ0) is 20.0. The molecule has 4 rings (SSSR count). The van der Waals surface area contributed by atoms with Crippen LogP contribution in [0.2, 0.25) is 0 Å². The number of nitrogens with one attached hydrogen (secondary N) is 1. The van der Waals surface area contributed by atoms with E-state index in [4.69, 9.17) is 0 Å². The predicted molar refractivity (Wildman–Crippen MR) is 103 cm³/mol. The summed E-state index contributed by atoms with van der Waals surface area (Å²) in [5, 5.41) is 2.73. The Balaban J connectivity index is 1.59. The number of imidazole rings is 2. The molecule has 28 heavy (non-hydrogen) atoms. The molecule has 0 bridgehead atoms. The summed E-state index contributed by atoms with van der Waals surface area (Å²) in [5.41, 5.74) is 1.21. The highest BCUT2D eigenvalue weighted by Gasteiger charge is 2.17. The van der Waals surface area contributed by atoms with Crippen LogP contribution in [0.15, 0.2) is 40.2 Å². The number of fused-ring (bicyclic) bond motifs is 2. The van der Waals surface area contributed by atoms with Gasteiger partial charge in [0.15, 0.2) is 11.2 Å². The number of benzene rings is 1. The molecule has 0 unspecified atom stereocenters. The van der Waals surface area contributed by atoms with E-state index in [1.165, 1.54) is 22.5 Å². The molecular formula is C18H19N7O3. The number of carbonyl (C=O) groups is 1. The minimum Gasteiger partial charge on any atom is -0.347 e. The standard InChI is InChI=1S/C18H19N7O3/c1-22-10-20-16-15(22)17(27)25(18(28)24(16)3)9-14(26)19-8-13-21-11-6-4-5-7-12(11)23(13)2/h4-7,10H,8-9H2,1-3H3,(H,19,26). The summed E-state index contributed by atoms with van der Waals surface area (Å²) in [6, 6.07) is 7.66. The normalized spacial score (nSPS) is 11.4. The van der Waals surface area contributed by atoms with Crippen molar-refractivity contribution in [2.75, 3.05) is 0 Å². The zero-order valence-corrected chi connectivity index (χ0v) is 15.7. The maximum Gasteiger partial charge on any atom is 0.332 e. The third kappa shape index (κ3) is 2.70. The number of rotatable bonds is 4. The number of hydrogen-bond donors (Lipinski definition) is 1. The van der Waals surface area contributed by atoms with Crippen molar-refractivity contribution >= 4 is 28.1 Å². The van der Waals surface area contributed by atoms with E-state index in [1.54, 1.807) is 7.05 Å². The molecule has 0 saturated carbocycles. The lowest BCUT2D eigenvalue weighted by Crippen LogP contribution is -2.43. The Kier molecular flexibility index (Phi) is 4.10. The molecule has 10 heteroatoms. The molecule has 1 N–H and O–H groups in total. The second-order valence-electron chi connectivity index (χ2n) is 6.61. The molecule has 1 amide bonds. The molecule has 0 spiro atoms. The van der Waals surface area contributed by atoms with Gasteiger partial charge >= 0.3 is 5.69 Å². The van der Waals surface area contributed by atoms with E-state index in [2.05, 4.69) is 15.3 Å². The van der Waals surface area contributed by atoms with Crippen molar-refractivity contribution in [3.05, 3.63) is 57.3 Å². The number of aryl methyl sites for hydroxylation is 3. The minimum absolute atomic E-state index is 0.188. The first-order chi connectivity index (χ1) is 13.4. The molecule has 0 aliphatic heterocycles. The van der Waals surface area contributed by atoms with Crippen LogP contribution in [-0.2, 0) is 39.0 Å². The highest BCUT2D eigenvalue weighted by Crippen LogP contribution is 2.13. The molecule has 3 aromatic heterocycles. The first-order valence-electron chi connectivity index (χ1n) is 8.66. The first kappa shape index (κ1) is 17.7. The van der Waals surface area contributed by atoms with E-state index in [9.17, 15) is 14.4 Å². The lowest BCUT2D eigenvalue weighted by atomic mass is 10.3. The van der Waals surface area contributed by atoms with Gasteiger partial charge in [-0.3, -0.25) is 14.2 Å². The largest absolute Gasteiger partial charge is 0.347 e. The van der Waals surface area contributed by atoms with Crippen LogP contribution in [0.1, 0.15) is 5.82 Å². The second kappa shape index (κ2) is 6.48. The molecule has 3 heterocycles. The molecule has 0 aliphatic rings. The third-order valence-corrected chi connectivity index (χ3v) is 4.83. The van der Waals surface area contributed by atoms with Gasteiger partial charge in [0.2, 0.25) is 5.91 Å². The van der Waals surface area contributed by atoms with Gasteiger partial charge in [-0.15, -0.1) is 0 Å². The molecule has 0 radical (unpaired) electrons. The van der Waals surface area contributed by atoms with Crippen LogP contribution < -0.4 is 16.6 Å². The summed E-state index contributed by atoms with van der Waals surface area (Å²) in [5.74, 6) is 0.227. The smallest absolute Gasteiger partial charge is 0.332 e. The van der Waals surface area contributed by atoms with Crippen LogP contribution in [-0.4, -0.2) is 34.1 Å². The quantitative estimate of drug-likeness (QED) is 0.519. The van der Waals surface area contributed by atoms with Gasteiger partial charge in [-0.2, -0.15) is 0 Å². The van der Waals surface area contributed by atoms with Gasteiger partial charge in [0.05, 0.1) is 23.9 Å². The number of carbonyl (C=O) groups excluding carboxylic acids is 1. The third-order valence-electron chi connectivity index (χ3n) is 4.83. The molecule has 0 aliphatic carbocycles. The number of nitrogens with zero attached hydrogens (tertiary/aromatic N) is 6. The minimum atomic E-state index is -0.589. The Morgan fingerprint density at radius 2 is 1.86 bits per heavy atom. The summed E-state index contributed by atoms with van der Waals surface area (Å²) in [6.07, 6.45) is 1.46. The Morgan fingerprint density at radius 3 is 2.61 bits per heavy atom. The average Bonchev–Trinajstić information content (AvgIpc) is 3.22. The molecule has 0 saturated heterocycles. The van der Waals surface area contributed by atoms with E-state index >= 15 is 0 Å². The van der Waals surface area contributed by atoms with Crippen LogP contribution in [0.4, 0.5) is 0 Å². The Bertz CT molecular complexity index is 1340. The zero-order valence-electron chi connectivity index (χ0n) is 15.7. The monoisotopic (exact) mass is 381 g/mol. The number of para-hydroxylation sites is 2. The molecule has 1 aromatic carbocycles. The molecule has 4 aromatic rings. The number of amides is 1. The van der Waals surface area contributed by atoms with E-state index in [-0.39, 0.29) is 24.3 Å². The maximum absolute atomic E-state index is 12.7. The van der Waals surface area contributed by atoms with Gasteiger partial charge in [-0.1, -0.05) is 12.1 Å². The van der Waals surface area contributed by atoms with Crippen molar-refractivity contribution in [1.82, 2.24) is 33.6 Å². The highest BCUT2D eigenvalue weighted by atomic mass is 16.2. The summed E-state index contributed by atoms with van der Waals surface area (Å²) in [6.45, 7) is -0.191. The Hall–Kier alpha value is -3.69. The van der Waals surface area contributed by atoms with Gasteiger partial charge in [0.25, 0.3) is 5.56 Å². The van der Waals surface area contributed by atoms with Gasteiger partial charge < -0.3 is 14.5 Å².